The lowest BCUT2D eigenvalue weighted by Gasteiger charge is -2.26. The van der Waals surface area contributed by atoms with E-state index in [1.165, 1.54) is 12.3 Å². The summed E-state index contributed by atoms with van der Waals surface area (Å²) in [5, 5.41) is 3.17. The monoisotopic (exact) mass is 267 g/mol. The second-order valence-corrected chi connectivity index (χ2v) is 4.56. The molecule has 4 nitrogen and oxygen atoms in total. The maximum atomic E-state index is 13.1. The molecule has 1 aromatic heterocycles. The maximum Gasteiger partial charge on any atom is 0.239 e. The zero-order chi connectivity index (χ0) is 14.4. The number of nitrogens with one attached hydrogen (secondary N) is 1. The second-order valence-electron chi connectivity index (χ2n) is 4.56. The summed E-state index contributed by atoms with van der Waals surface area (Å²) in [6.07, 6.45) is 2.77. The van der Waals surface area contributed by atoms with Crippen LogP contribution in [-0.2, 0) is 4.79 Å². The fourth-order valence-electron chi connectivity index (χ4n) is 2.02. The SMILES string of the molecule is CCN(CC)C(=O)C(C)NC(C)c1cncc(F)c1. The van der Waals surface area contributed by atoms with Crippen LogP contribution in [-0.4, -0.2) is 34.9 Å². The number of aromatic nitrogens is 1. The summed E-state index contributed by atoms with van der Waals surface area (Å²) in [7, 11) is 0. The van der Waals surface area contributed by atoms with Crippen LogP contribution in [0.2, 0.25) is 0 Å². The molecule has 0 aliphatic heterocycles. The van der Waals surface area contributed by atoms with E-state index >= 15 is 0 Å². The molecule has 0 aliphatic carbocycles. The molecule has 0 fully saturated rings. The van der Waals surface area contributed by atoms with Gasteiger partial charge in [-0.15, -0.1) is 0 Å². The summed E-state index contributed by atoms with van der Waals surface area (Å²) in [4.78, 5) is 17.7. The van der Waals surface area contributed by atoms with Crippen molar-refractivity contribution < 1.29 is 9.18 Å². The van der Waals surface area contributed by atoms with Gasteiger partial charge in [0, 0.05) is 25.3 Å². The first-order valence-electron chi connectivity index (χ1n) is 6.64. The van der Waals surface area contributed by atoms with E-state index in [0.717, 1.165) is 5.56 Å². The van der Waals surface area contributed by atoms with Crippen LogP contribution < -0.4 is 5.32 Å². The van der Waals surface area contributed by atoms with E-state index in [1.807, 2.05) is 27.7 Å². The summed E-state index contributed by atoms with van der Waals surface area (Å²) < 4.78 is 13.1. The second kappa shape index (κ2) is 7.19. The molecule has 1 aromatic rings. The van der Waals surface area contributed by atoms with Crippen molar-refractivity contribution in [3.05, 3.63) is 29.8 Å². The van der Waals surface area contributed by atoms with E-state index in [2.05, 4.69) is 10.3 Å². The molecular formula is C14H22FN3O. The Bertz CT molecular complexity index is 421. The van der Waals surface area contributed by atoms with Crippen molar-refractivity contribution in [2.75, 3.05) is 13.1 Å². The molecule has 5 heteroatoms. The van der Waals surface area contributed by atoms with Gasteiger partial charge in [-0.05, 0) is 39.3 Å². The standard InChI is InChI=1S/C14H22FN3O/c1-5-18(6-2)14(19)11(4)17-10(3)12-7-13(15)9-16-8-12/h7-11,17H,5-6H2,1-4H3. The van der Waals surface area contributed by atoms with Gasteiger partial charge in [0.25, 0.3) is 0 Å². The first kappa shape index (κ1) is 15.6. The summed E-state index contributed by atoms with van der Waals surface area (Å²) in [5.74, 6) is -0.310. The van der Waals surface area contributed by atoms with E-state index in [4.69, 9.17) is 0 Å². The summed E-state index contributed by atoms with van der Waals surface area (Å²) in [5.41, 5.74) is 0.735. The quantitative estimate of drug-likeness (QED) is 0.858. The predicted octanol–water partition coefficient (Wildman–Crippen LogP) is 2.13. The van der Waals surface area contributed by atoms with Crippen LogP contribution in [0.1, 0.15) is 39.3 Å². The van der Waals surface area contributed by atoms with Crippen molar-refractivity contribution in [3.63, 3.8) is 0 Å². The maximum absolute atomic E-state index is 13.1. The van der Waals surface area contributed by atoms with Gasteiger partial charge in [0.2, 0.25) is 5.91 Å². The lowest BCUT2D eigenvalue weighted by atomic mass is 10.1. The third-order valence-corrected chi connectivity index (χ3v) is 3.17. The van der Waals surface area contributed by atoms with Crippen molar-refractivity contribution in [3.8, 4) is 0 Å². The summed E-state index contributed by atoms with van der Waals surface area (Å²) in [6.45, 7) is 9.00. The largest absolute Gasteiger partial charge is 0.342 e. The number of nitrogens with zero attached hydrogens (tertiary/aromatic N) is 2. The molecular weight excluding hydrogens is 245 g/mol. The first-order chi connectivity index (χ1) is 8.99. The van der Waals surface area contributed by atoms with Crippen LogP contribution in [0.15, 0.2) is 18.5 Å². The van der Waals surface area contributed by atoms with Gasteiger partial charge in [0.05, 0.1) is 12.2 Å². The Labute approximate surface area is 114 Å². The average Bonchev–Trinajstić information content (AvgIpc) is 2.39. The molecule has 0 bridgehead atoms. The van der Waals surface area contributed by atoms with E-state index < -0.39 is 0 Å². The highest BCUT2D eigenvalue weighted by Crippen LogP contribution is 2.13. The third-order valence-electron chi connectivity index (χ3n) is 3.17. The van der Waals surface area contributed by atoms with E-state index in [9.17, 15) is 9.18 Å². The van der Waals surface area contributed by atoms with Gasteiger partial charge in [-0.1, -0.05) is 0 Å². The molecule has 1 rings (SSSR count). The van der Waals surface area contributed by atoms with Crippen molar-refractivity contribution in [2.45, 2.75) is 39.8 Å². The molecule has 1 N–H and O–H groups in total. The van der Waals surface area contributed by atoms with Gasteiger partial charge in [-0.2, -0.15) is 0 Å². The van der Waals surface area contributed by atoms with Gasteiger partial charge in [-0.25, -0.2) is 4.39 Å². The zero-order valence-corrected chi connectivity index (χ0v) is 12.0. The van der Waals surface area contributed by atoms with Crippen molar-refractivity contribution >= 4 is 5.91 Å². The molecule has 0 aliphatic rings. The molecule has 0 aromatic carbocycles. The van der Waals surface area contributed by atoms with Gasteiger partial charge >= 0.3 is 0 Å². The van der Waals surface area contributed by atoms with Crippen LogP contribution >= 0.6 is 0 Å². The minimum absolute atomic E-state index is 0.0567. The van der Waals surface area contributed by atoms with Gasteiger partial charge in [0.1, 0.15) is 5.82 Å². The van der Waals surface area contributed by atoms with Gasteiger partial charge < -0.3 is 4.90 Å². The average molecular weight is 267 g/mol. The number of carbonyl (C=O) groups excluding carboxylic acids is 1. The third kappa shape index (κ3) is 4.28. The lowest BCUT2D eigenvalue weighted by Crippen LogP contribution is -2.45. The van der Waals surface area contributed by atoms with Crippen LogP contribution in [0, 0.1) is 5.82 Å². The fraction of sp³-hybridized carbons (Fsp3) is 0.571. The Morgan fingerprint density at radius 1 is 1.37 bits per heavy atom. The number of amides is 1. The fourth-order valence-corrected chi connectivity index (χ4v) is 2.02. The molecule has 0 saturated heterocycles. The minimum Gasteiger partial charge on any atom is -0.342 e. The Morgan fingerprint density at radius 3 is 2.53 bits per heavy atom. The van der Waals surface area contributed by atoms with Gasteiger partial charge in [-0.3, -0.25) is 15.1 Å². The number of rotatable bonds is 6. The van der Waals surface area contributed by atoms with Crippen LogP contribution in [0.3, 0.4) is 0 Å². The van der Waals surface area contributed by atoms with Gasteiger partial charge in [0.15, 0.2) is 0 Å². The van der Waals surface area contributed by atoms with Crippen LogP contribution in [0.25, 0.3) is 0 Å². The lowest BCUT2D eigenvalue weighted by molar-refractivity contribution is -0.132. The van der Waals surface area contributed by atoms with E-state index in [-0.39, 0.29) is 23.8 Å². The Kier molecular flexibility index (Phi) is 5.89. The topological polar surface area (TPSA) is 45.2 Å². The van der Waals surface area contributed by atoms with Crippen molar-refractivity contribution in [1.82, 2.24) is 15.2 Å². The zero-order valence-electron chi connectivity index (χ0n) is 12.0. The van der Waals surface area contributed by atoms with Crippen molar-refractivity contribution in [1.29, 1.82) is 0 Å². The predicted molar refractivity (Wildman–Crippen MR) is 73.1 cm³/mol. The highest BCUT2D eigenvalue weighted by molar-refractivity contribution is 5.81. The summed E-state index contributed by atoms with van der Waals surface area (Å²) >= 11 is 0. The molecule has 1 amide bonds. The Hall–Kier alpha value is -1.49. The molecule has 0 saturated carbocycles. The minimum atomic E-state index is -0.367. The molecule has 2 atom stereocenters. The Morgan fingerprint density at radius 2 is 2.00 bits per heavy atom. The Balaban J connectivity index is 2.66. The molecule has 19 heavy (non-hydrogen) atoms. The molecule has 1 heterocycles. The number of halogens is 1. The van der Waals surface area contributed by atoms with Crippen molar-refractivity contribution in [2.24, 2.45) is 0 Å². The summed E-state index contributed by atoms with van der Waals surface area (Å²) in [6, 6.07) is 0.995. The number of pyridine rings is 1. The number of hydrogen-bond donors (Lipinski definition) is 1. The highest BCUT2D eigenvalue weighted by Gasteiger charge is 2.20. The van der Waals surface area contributed by atoms with E-state index in [1.54, 1.807) is 11.1 Å². The number of likely N-dealkylation sites (N-methyl/N-ethyl adjacent to an activating group) is 1. The number of carbonyl (C=O) groups is 1. The molecule has 106 valence electrons. The van der Waals surface area contributed by atoms with Crippen LogP contribution in [0.5, 0.6) is 0 Å². The van der Waals surface area contributed by atoms with Crippen LogP contribution in [0.4, 0.5) is 4.39 Å². The molecule has 0 spiro atoms. The normalized spacial score (nSPS) is 13.9. The number of hydrogen-bond acceptors (Lipinski definition) is 3. The smallest absolute Gasteiger partial charge is 0.239 e. The highest BCUT2D eigenvalue weighted by atomic mass is 19.1. The molecule has 0 radical (unpaired) electrons. The molecule has 2 unspecified atom stereocenters. The van der Waals surface area contributed by atoms with E-state index in [0.29, 0.717) is 13.1 Å². The first-order valence-corrected chi connectivity index (χ1v) is 6.64.